The first kappa shape index (κ1) is 69.8. The van der Waals surface area contributed by atoms with E-state index < -0.39 is 0 Å². The van der Waals surface area contributed by atoms with Gasteiger partial charge in [0.25, 0.3) is 0 Å². The van der Waals surface area contributed by atoms with E-state index in [1.54, 1.807) is 0 Å². The fourth-order valence-corrected chi connectivity index (χ4v) is 15.6. The molecule has 6 aromatic heterocycles. The third-order valence-electron chi connectivity index (χ3n) is 21.4. The van der Waals surface area contributed by atoms with E-state index in [0.29, 0.717) is 0 Å². The van der Waals surface area contributed by atoms with Gasteiger partial charge < -0.3 is 19.9 Å². The number of nitrogens with zero attached hydrogens (tertiary/aromatic N) is 4. The highest BCUT2D eigenvalue weighted by atomic mass is 14.8. The van der Waals surface area contributed by atoms with Gasteiger partial charge in [-0.1, -0.05) is 117 Å². The number of aryl methyl sites for hydroxylation is 8. The van der Waals surface area contributed by atoms with Crippen LogP contribution < -0.4 is 0 Å². The minimum Gasteiger partial charge on any atom is -0.355 e. The molecule has 8 nitrogen and oxygen atoms in total. The zero-order chi connectivity index (χ0) is 70.5. The van der Waals surface area contributed by atoms with Crippen LogP contribution in [-0.2, 0) is 25.7 Å². The summed E-state index contributed by atoms with van der Waals surface area (Å²) in [6, 6.07) is 30.8. The SMILES string of the molecule is CCCCc1c(C)c2cc3nc(c(-c4cccc(C#CC#CC#CC#Cc5cccc(-c6c7nc(cc8[nH]c(cc9[nH]c(cc%10nc6C(C)=C%10CC)c(C)c9CCCC)c(CCCC)c8C)C(CC)=C7C)c5)c4)c4nc(cc5[nH]c(cc1[nH]2)c(CCCC)c5C)C(CC)=C4C)C(C)=C3CC. The van der Waals surface area contributed by atoms with Crippen LogP contribution in [0.4, 0.5) is 0 Å². The minimum absolute atomic E-state index is 0.836. The Morgan fingerprint density at radius 2 is 0.560 bits per heavy atom. The molecule has 8 heteroatoms. The number of nitrogens with one attached hydrogen (secondary N) is 4. The fourth-order valence-electron chi connectivity index (χ4n) is 15.6. The number of rotatable bonds is 18. The van der Waals surface area contributed by atoms with Gasteiger partial charge in [0.1, 0.15) is 0 Å². The van der Waals surface area contributed by atoms with Crippen molar-refractivity contribution in [3.05, 3.63) is 186 Å². The maximum Gasteiger partial charge on any atom is 0.0769 e. The molecule has 0 spiro atoms. The molecular formula is C92H98N8. The summed E-state index contributed by atoms with van der Waals surface area (Å²) >= 11 is 0. The zero-order valence-electron chi connectivity index (χ0n) is 62.2. The van der Waals surface area contributed by atoms with Crippen LogP contribution in [0.3, 0.4) is 0 Å². The minimum atomic E-state index is 0.836. The average Bonchev–Trinajstić information content (AvgIpc) is 1.60. The smallest absolute Gasteiger partial charge is 0.0769 e. The molecule has 0 fully saturated rings. The van der Waals surface area contributed by atoms with Crippen LogP contribution in [-0.4, -0.2) is 39.9 Å². The number of unbranched alkanes of at least 4 members (excludes halogenated alkanes) is 4. The first-order chi connectivity index (χ1) is 48.6. The number of allylic oxidation sites excluding steroid dienone is 8. The summed E-state index contributed by atoms with van der Waals surface area (Å²) in [5.41, 5.74) is 42.8. The van der Waals surface area contributed by atoms with E-state index >= 15 is 0 Å². The lowest BCUT2D eigenvalue weighted by Gasteiger charge is -2.10. The lowest BCUT2D eigenvalue weighted by Crippen LogP contribution is -1.93. The van der Waals surface area contributed by atoms with Crippen LogP contribution in [0.1, 0.15) is 261 Å². The van der Waals surface area contributed by atoms with E-state index in [4.69, 9.17) is 19.9 Å². The van der Waals surface area contributed by atoms with Crippen molar-refractivity contribution in [3.8, 4) is 69.6 Å². The number of aromatic nitrogens is 8. The van der Waals surface area contributed by atoms with Crippen molar-refractivity contribution in [1.29, 1.82) is 0 Å². The van der Waals surface area contributed by atoms with Gasteiger partial charge in [0.15, 0.2) is 0 Å². The van der Waals surface area contributed by atoms with Gasteiger partial charge in [0.2, 0.25) is 0 Å². The third-order valence-corrected chi connectivity index (χ3v) is 21.4. The monoisotopic (exact) mass is 1310 g/mol. The summed E-state index contributed by atoms with van der Waals surface area (Å²) < 4.78 is 0. The number of aromatic amines is 4. The predicted molar refractivity (Wildman–Crippen MR) is 427 cm³/mol. The first-order valence-corrected chi connectivity index (χ1v) is 37.1. The largest absolute Gasteiger partial charge is 0.355 e. The van der Waals surface area contributed by atoms with Crippen molar-refractivity contribution in [1.82, 2.24) is 39.9 Å². The van der Waals surface area contributed by atoms with Gasteiger partial charge in [0.05, 0.1) is 45.6 Å². The predicted octanol–water partition coefficient (Wildman–Crippen LogP) is 23.7. The van der Waals surface area contributed by atoms with E-state index in [1.807, 2.05) is 12.1 Å². The summed E-state index contributed by atoms with van der Waals surface area (Å²) in [6.07, 6.45) is 16.4. The van der Waals surface area contributed by atoms with Crippen molar-refractivity contribution >= 4 is 88.7 Å². The number of hydrogen-bond donors (Lipinski definition) is 4. The topological polar surface area (TPSA) is 115 Å². The molecule has 0 radical (unpaired) electrons. The Morgan fingerprint density at radius 1 is 0.300 bits per heavy atom. The van der Waals surface area contributed by atoms with Crippen LogP contribution in [0, 0.1) is 75.1 Å². The lowest BCUT2D eigenvalue weighted by molar-refractivity contribution is 0.796. The molecule has 100 heavy (non-hydrogen) atoms. The molecule has 4 aliphatic rings. The maximum atomic E-state index is 5.62. The van der Waals surface area contributed by atoms with Crippen LogP contribution in [0.15, 0.2) is 84.9 Å². The highest BCUT2D eigenvalue weighted by molar-refractivity contribution is 6.04. The summed E-state index contributed by atoms with van der Waals surface area (Å²) in [5, 5.41) is 0. The van der Waals surface area contributed by atoms with Crippen LogP contribution in [0.25, 0.3) is 111 Å². The van der Waals surface area contributed by atoms with Crippen molar-refractivity contribution in [2.45, 2.75) is 214 Å². The van der Waals surface area contributed by atoms with Crippen LogP contribution in [0.5, 0.6) is 0 Å². The Kier molecular flexibility index (Phi) is 21.3. The van der Waals surface area contributed by atoms with E-state index in [2.05, 4.69) is 251 Å². The Labute approximate surface area is 594 Å². The molecule has 4 aliphatic heterocycles. The molecule has 0 atom stereocenters. The molecule has 0 aliphatic carbocycles. The third kappa shape index (κ3) is 13.6. The van der Waals surface area contributed by atoms with Gasteiger partial charge in [0, 0.05) is 66.4 Å². The average molecular weight is 1320 g/mol. The summed E-state index contributed by atoms with van der Waals surface area (Å²) in [5.74, 6) is 24.9. The number of H-pyrrole nitrogens is 4. The van der Waals surface area contributed by atoms with E-state index in [1.165, 1.54) is 111 Å². The molecule has 0 amide bonds. The van der Waals surface area contributed by atoms with Gasteiger partial charge in [-0.2, -0.15) is 0 Å². The van der Waals surface area contributed by atoms with Gasteiger partial charge in [-0.15, -0.1) is 0 Å². The Hall–Kier alpha value is -10.1. The zero-order valence-corrected chi connectivity index (χ0v) is 62.2. The maximum absolute atomic E-state index is 5.62. The fraction of sp³-hybridized carbons (Fsp3) is 0.348. The molecule has 0 unspecified atom stereocenters. The molecule has 0 saturated carbocycles. The van der Waals surface area contributed by atoms with Gasteiger partial charge >= 0.3 is 0 Å². The van der Waals surface area contributed by atoms with Crippen molar-refractivity contribution in [3.63, 3.8) is 0 Å². The Balaban J connectivity index is 0.929. The van der Waals surface area contributed by atoms with Crippen LogP contribution in [0.2, 0.25) is 0 Å². The summed E-state index contributed by atoms with van der Waals surface area (Å²) in [4.78, 5) is 38.2. The molecule has 8 aromatic rings. The van der Waals surface area contributed by atoms with Gasteiger partial charge in [-0.3, -0.25) is 0 Å². The van der Waals surface area contributed by atoms with Crippen LogP contribution >= 0.6 is 0 Å². The molecular weight excluding hydrogens is 1220 g/mol. The number of hydrogen-bond acceptors (Lipinski definition) is 4. The van der Waals surface area contributed by atoms with E-state index in [9.17, 15) is 0 Å². The Morgan fingerprint density at radius 3 is 0.810 bits per heavy atom. The van der Waals surface area contributed by atoms with Gasteiger partial charge in [-0.25, -0.2) is 19.9 Å². The van der Waals surface area contributed by atoms with E-state index in [0.717, 1.165) is 204 Å². The van der Waals surface area contributed by atoms with Gasteiger partial charge in [-0.05, 0) is 329 Å². The number of fused-ring (bicyclic) bond motifs is 16. The van der Waals surface area contributed by atoms with Crippen molar-refractivity contribution in [2.75, 3.05) is 0 Å². The second kappa shape index (κ2) is 30.6. The Bertz CT molecular complexity index is 4820. The van der Waals surface area contributed by atoms with Crippen molar-refractivity contribution < 1.29 is 0 Å². The summed E-state index contributed by atoms with van der Waals surface area (Å²) in [7, 11) is 0. The quantitative estimate of drug-likeness (QED) is 0.0641. The van der Waals surface area contributed by atoms with E-state index in [-0.39, 0.29) is 0 Å². The normalized spacial score (nSPS) is 12.8. The standard InChI is InChI=1S/C92H98N8/c1-17-25-43-71-55(9)75-49-79-67(21-5)59(13)89(97-79)87(90-60(14)68(22-6)80(98-90)50-76-56(10)72(44-26-18-2)84(94-76)53-83(71)93-75)65-41-35-39-63(47-65)37-33-31-29-30-32-34-38-64-40-36-42-66(48-64)88-91-61(15)69(23-7)81(99-91)51-77-57(11)73(45-27-19-3)85(95-77)54-86-74(46-28-20-4)58(12)78(96-86)52-82-70(24-8)62(16)92(88)100-82/h35-36,39-42,47-54,93-96H,17-28,43-46H2,1-16H3. The molecule has 10 heterocycles. The molecule has 2 aromatic carbocycles. The molecule has 4 N–H and O–H groups in total. The molecule has 506 valence electrons. The highest BCUT2D eigenvalue weighted by Crippen LogP contribution is 2.46. The molecule has 12 rings (SSSR count). The summed E-state index contributed by atoms with van der Waals surface area (Å²) in [6.45, 7) is 36.1. The van der Waals surface area contributed by atoms with Crippen molar-refractivity contribution in [2.24, 2.45) is 0 Å². The molecule has 16 bridgehead atoms. The highest BCUT2D eigenvalue weighted by Gasteiger charge is 2.29. The second-order valence-corrected chi connectivity index (χ2v) is 27.6. The number of benzene rings is 2. The molecule has 0 saturated heterocycles. The lowest BCUT2D eigenvalue weighted by atomic mass is 9.92. The second-order valence-electron chi connectivity index (χ2n) is 27.6. The first-order valence-electron chi connectivity index (χ1n) is 37.1.